The Labute approximate surface area is 197 Å². The molecule has 0 unspecified atom stereocenters. The van der Waals surface area contributed by atoms with E-state index in [2.05, 4.69) is 0 Å². The van der Waals surface area contributed by atoms with Crippen molar-refractivity contribution in [3.8, 4) is 17.2 Å². The number of amides is 1. The van der Waals surface area contributed by atoms with Gasteiger partial charge >= 0.3 is 0 Å². The van der Waals surface area contributed by atoms with E-state index in [0.29, 0.717) is 40.3 Å². The van der Waals surface area contributed by atoms with E-state index in [0.717, 1.165) is 11.1 Å². The van der Waals surface area contributed by atoms with Gasteiger partial charge in [-0.25, -0.2) is 0 Å². The van der Waals surface area contributed by atoms with Crippen LogP contribution < -0.4 is 14.2 Å². The van der Waals surface area contributed by atoms with Crippen molar-refractivity contribution in [1.29, 1.82) is 0 Å². The molecule has 1 heterocycles. The number of nitrogens with zero attached hydrogens (tertiary/aromatic N) is 1. The number of carbonyl (C=O) groups is 1. The Morgan fingerprint density at radius 2 is 1.66 bits per heavy atom. The van der Waals surface area contributed by atoms with Crippen molar-refractivity contribution < 1.29 is 19.0 Å². The number of hydrogen-bond acceptors (Lipinski definition) is 4. The van der Waals surface area contributed by atoms with Crippen molar-refractivity contribution in [2.24, 2.45) is 0 Å². The number of carbonyl (C=O) groups excluding carboxylic acids is 1. The summed E-state index contributed by atoms with van der Waals surface area (Å²) in [4.78, 5) is 14.9. The van der Waals surface area contributed by atoms with Crippen LogP contribution in [0.2, 0.25) is 10.0 Å². The van der Waals surface area contributed by atoms with Crippen LogP contribution >= 0.6 is 23.2 Å². The molecule has 0 N–H and O–H groups in total. The summed E-state index contributed by atoms with van der Waals surface area (Å²) in [6, 6.07) is 20.1. The number of β-lactam (4-membered cyclic amide) rings is 1. The Hall–Kier alpha value is -2.89. The molecule has 0 aliphatic carbocycles. The molecular weight excluding hydrogens is 449 g/mol. The minimum Gasteiger partial charge on any atom is -0.493 e. The third kappa shape index (κ3) is 4.36. The van der Waals surface area contributed by atoms with Crippen LogP contribution in [0.15, 0.2) is 66.7 Å². The third-order valence-electron chi connectivity index (χ3n) is 5.54. The molecule has 3 aromatic carbocycles. The van der Waals surface area contributed by atoms with Crippen LogP contribution in [0.25, 0.3) is 0 Å². The highest BCUT2D eigenvalue weighted by Gasteiger charge is 2.50. The van der Waals surface area contributed by atoms with Gasteiger partial charge < -0.3 is 19.1 Å². The number of para-hydroxylation sites is 1. The number of halogens is 2. The maximum absolute atomic E-state index is 13.1. The summed E-state index contributed by atoms with van der Waals surface area (Å²) in [5.74, 6) is 1.86. The summed E-state index contributed by atoms with van der Waals surface area (Å²) >= 11 is 12.8. The number of rotatable bonds is 8. The highest BCUT2D eigenvalue weighted by molar-refractivity contribution is 6.42. The maximum Gasteiger partial charge on any atom is 0.266 e. The Bertz CT molecular complexity index is 1110. The molecule has 0 radical (unpaired) electrons. The van der Waals surface area contributed by atoms with E-state index in [9.17, 15) is 4.79 Å². The predicted molar refractivity (Wildman–Crippen MR) is 125 cm³/mol. The SMILES string of the molecule is COc1ccc(CCN2C(=O)[C@H](Oc3ccccc3)[C@H]2c2cccc(Cl)c2Cl)cc1OC. The van der Waals surface area contributed by atoms with Gasteiger partial charge in [0.15, 0.2) is 11.5 Å². The smallest absolute Gasteiger partial charge is 0.266 e. The summed E-state index contributed by atoms with van der Waals surface area (Å²) in [5, 5.41) is 0.881. The normalized spacial score (nSPS) is 17.6. The largest absolute Gasteiger partial charge is 0.493 e. The standard InChI is InChI=1S/C25H23Cl2NO4/c1-30-20-12-11-16(15-21(20)31-2)13-14-28-23(18-9-6-10-19(26)22(18)27)24(25(28)29)32-17-7-4-3-5-8-17/h3-12,15,23-24H,13-14H2,1-2H3/t23-,24-/m1/s1. The molecule has 0 saturated carbocycles. The summed E-state index contributed by atoms with van der Waals surface area (Å²) in [6.45, 7) is 0.497. The summed E-state index contributed by atoms with van der Waals surface area (Å²) < 4.78 is 16.7. The van der Waals surface area contributed by atoms with Gasteiger partial charge in [0.25, 0.3) is 5.91 Å². The highest BCUT2D eigenvalue weighted by Crippen LogP contribution is 2.42. The predicted octanol–water partition coefficient (Wildman–Crippen LogP) is 5.58. The number of likely N-dealkylation sites (tertiary alicyclic amines) is 1. The summed E-state index contributed by atoms with van der Waals surface area (Å²) in [5.41, 5.74) is 1.80. The molecule has 3 aromatic rings. The molecule has 2 atom stereocenters. The topological polar surface area (TPSA) is 48.0 Å². The van der Waals surface area contributed by atoms with Gasteiger partial charge in [0, 0.05) is 6.54 Å². The first-order valence-electron chi connectivity index (χ1n) is 10.2. The molecule has 0 aromatic heterocycles. The van der Waals surface area contributed by atoms with Gasteiger partial charge in [-0.3, -0.25) is 4.79 Å². The van der Waals surface area contributed by atoms with E-state index >= 15 is 0 Å². The average molecular weight is 472 g/mol. The molecule has 166 valence electrons. The van der Waals surface area contributed by atoms with Crippen LogP contribution in [-0.2, 0) is 11.2 Å². The van der Waals surface area contributed by atoms with E-state index < -0.39 is 6.10 Å². The lowest BCUT2D eigenvalue weighted by Gasteiger charge is -2.47. The van der Waals surface area contributed by atoms with Crippen LogP contribution in [0.1, 0.15) is 17.2 Å². The molecule has 0 bridgehead atoms. The number of hydrogen-bond donors (Lipinski definition) is 0. The van der Waals surface area contributed by atoms with Gasteiger partial charge in [-0.05, 0) is 47.9 Å². The molecular formula is C25H23Cl2NO4. The van der Waals surface area contributed by atoms with Crippen molar-refractivity contribution >= 4 is 29.1 Å². The van der Waals surface area contributed by atoms with Gasteiger partial charge in [0.2, 0.25) is 6.10 Å². The Kier molecular flexibility index (Phi) is 6.77. The Balaban J connectivity index is 1.57. The van der Waals surface area contributed by atoms with E-state index in [1.165, 1.54) is 0 Å². The Morgan fingerprint density at radius 3 is 2.38 bits per heavy atom. The molecule has 1 saturated heterocycles. The van der Waals surface area contributed by atoms with Crippen molar-refractivity contribution in [1.82, 2.24) is 4.90 Å². The molecule has 7 heteroatoms. The zero-order valence-electron chi connectivity index (χ0n) is 17.8. The van der Waals surface area contributed by atoms with Crippen LogP contribution in [0.3, 0.4) is 0 Å². The maximum atomic E-state index is 13.1. The lowest BCUT2D eigenvalue weighted by Crippen LogP contribution is -2.61. The van der Waals surface area contributed by atoms with Crippen LogP contribution in [-0.4, -0.2) is 37.7 Å². The van der Waals surface area contributed by atoms with Crippen molar-refractivity contribution in [2.75, 3.05) is 20.8 Å². The summed E-state index contributed by atoms with van der Waals surface area (Å²) in [6.07, 6.45) is -0.0301. The number of benzene rings is 3. The zero-order chi connectivity index (χ0) is 22.7. The monoisotopic (exact) mass is 471 g/mol. The van der Waals surface area contributed by atoms with Crippen LogP contribution in [0.5, 0.6) is 17.2 Å². The fourth-order valence-corrected chi connectivity index (χ4v) is 4.31. The van der Waals surface area contributed by atoms with E-state index in [-0.39, 0.29) is 11.9 Å². The minimum absolute atomic E-state index is 0.0876. The van der Waals surface area contributed by atoms with Crippen molar-refractivity contribution in [3.63, 3.8) is 0 Å². The van der Waals surface area contributed by atoms with Crippen LogP contribution in [0, 0.1) is 0 Å². The first kappa shape index (κ1) is 22.3. The van der Waals surface area contributed by atoms with Gasteiger partial charge in [-0.15, -0.1) is 0 Å². The van der Waals surface area contributed by atoms with Gasteiger partial charge in [0.05, 0.1) is 24.3 Å². The zero-order valence-corrected chi connectivity index (χ0v) is 19.3. The lowest BCUT2D eigenvalue weighted by atomic mass is 9.89. The molecule has 0 spiro atoms. The quantitative estimate of drug-likeness (QED) is 0.402. The fraction of sp³-hybridized carbons (Fsp3) is 0.240. The molecule has 32 heavy (non-hydrogen) atoms. The molecule has 1 aliphatic heterocycles. The van der Waals surface area contributed by atoms with Crippen molar-refractivity contribution in [2.45, 2.75) is 18.6 Å². The minimum atomic E-state index is -0.668. The lowest BCUT2D eigenvalue weighted by molar-refractivity contribution is -0.164. The first-order chi connectivity index (χ1) is 15.5. The third-order valence-corrected chi connectivity index (χ3v) is 6.38. The van der Waals surface area contributed by atoms with Gasteiger partial charge in [0.1, 0.15) is 11.8 Å². The molecule has 4 rings (SSSR count). The van der Waals surface area contributed by atoms with Gasteiger partial charge in [-0.2, -0.15) is 0 Å². The van der Waals surface area contributed by atoms with E-state index in [4.69, 9.17) is 37.4 Å². The average Bonchev–Trinajstić information content (AvgIpc) is 2.83. The summed E-state index contributed by atoms with van der Waals surface area (Å²) in [7, 11) is 3.20. The van der Waals surface area contributed by atoms with E-state index in [1.807, 2.05) is 60.7 Å². The second kappa shape index (κ2) is 9.72. The number of methoxy groups -OCH3 is 2. The second-order valence-electron chi connectivity index (χ2n) is 7.41. The van der Waals surface area contributed by atoms with Crippen molar-refractivity contribution in [3.05, 3.63) is 87.9 Å². The fourth-order valence-electron chi connectivity index (χ4n) is 3.89. The molecule has 1 aliphatic rings. The molecule has 5 nitrogen and oxygen atoms in total. The van der Waals surface area contributed by atoms with E-state index in [1.54, 1.807) is 25.2 Å². The second-order valence-corrected chi connectivity index (χ2v) is 8.20. The highest BCUT2D eigenvalue weighted by atomic mass is 35.5. The first-order valence-corrected chi connectivity index (χ1v) is 11.0. The Morgan fingerprint density at radius 1 is 0.906 bits per heavy atom. The molecule has 1 fully saturated rings. The number of ether oxygens (including phenoxy) is 3. The molecule has 1 amide bonds. The van der Waals surface area contributed by atoms with Crippen LogP contribution in [0.4, 0.5) is 0 Å². The van der Waals surface area contributed by atoms with Gasteiger partial charge in [-0.1, -0.05) is 59.6 Å².